The lowest BCUT2D eigenvalue weighted by atomic mass is 10.1. The predicted octanol–water partition coefficient (Wildman–Crippen LogP) is 2.87. The Morgan fingerprint density at radius 2 is 1.91 bits per heavy atom. The Balaban J connectivity index is 2.01. The van der Waals surface area contributed by atoms with Crippen LogP contribution >= 0.6 is 0 Å². The van der Waals surface area contributed by atoms with E-state index in [1.165, 1.54) is 12.1 Å². The van der Waals surface area contributed by atoms with Gasteiger partial charge in [-0.15, -0.1) is 0 Å². The van der Waals surface area contributed by atoms with Crippen LogP contribution in [-0.2, 0) is 6.54 Å². The second kappa shape index (κ2) is 5.01. The van der Waals surface area contributed by atoms with E-state index in [2.05, 4.69) is 10.1 Å². The fourth-order valence-corrected chi connectivity index (χ4v) is 2.74. The summed E-state index contributed by atoms with van der Waals surface area (Å²) in [4.78, 5) is 16.8. The summed E-state index contributed by atoms with van der Waals surface area (Å²) in [5, 5.41) is 4.88. The Morgan fingerprint density at radius 3 is 2.65 bits per heavy atom. The Labute approximate surface area is 130 Å². The van der Waals surface area contributed by atoms with Crippen LogP contribution in [-0.4, -0.2) is 19.2 Å². The molecule has 0 aliphatic carbocycles. The largest absolute Gasteiger partial charge is 0.315 e. The van der Waals surface area contributed by atoms with E-state index >= 15 is 0 Å². The van der Waals surface area contributed by atoms with Crippen LogP contribution in [0.1, 0.15) is 6.92 Å². The molecule has 0 unspecified atom stereocenters. The third-order valence-electron chi connectivity index (χ3n) is 3.96. The van der Waals surface area contributed by atoms with Crippen molar-refractivity contribution in [1.82, 2.24) is 19.2 Å². The van der Waals surface area contributed by atoms with E-state index in [1.807, 2.05) is 13.0 Å². The molecular weight excluding hydrogens is 295 g/mol. The highest BCUT2D eigenvalue weighted by Gasteiger charge is 2.12. The lowest BCUT2D eigenvalue weighted by Crippen LogP contribution is -2.19. The minimum Gasteiger partial charge on any atom is -0.315 e. The van der Waals surface area contributed by atoms with Crippen LogP contribution in [0.3, 0.4) is 0 Å². The molecule has 5 nitrogen and oxygen atoms in total. The van der Waals surface area contributed by atoms with Crippen molar-refractivity contribution in [2.24, 2.45) is 0 Å². The van der Waals surface area contributed by atoms with Crippen molar-refractivity contribution >= 4 is 16.6 Å². The van der Waals surface area contributed by atoms with Crippen molar-refractivity contribution in [1.29, 1.82) is 0 Å². The number of pyridine rings is 1. The van der Waals surface area contributed by atoms with Crippen LogP contribution in [0.4, 0.5) is 4.39 Å². The molecule has 0 atom stereocenters. The molecule has 0 spiro atoms. The second-order valence-electron chi connectivity index (χ2n) is 5.26. The molecular formula is C17H13FN4O. The molecule has 0 saturated carbocycles. The number of benzene rings is 1. The highest BCUT2D eigenvalue weighted by atomic mass is 19.1. The molecule has 3 aromatic heterocycles. The maximum Gasteiger partial charge on any atom is 0.261 e. The van der Waals surface area contributed by atoms with Gasteiger partial charge in [-0.2, -0.15) is 5.10 Å². The van der Waals surface area contributed by atoms with Crippen molar-refractivity contribution in [2.75, 3.05) is 0 Å². The van der Waals surface area contributed by atoms with Crippen molar-refractivity contribution in [3.63, 3.8) is 0 Å². The van der Waals surface area contributed by atoms with Gasteiger partial charge in [0.2, 0.25) is 0 Å². The number of halogens is 1. The monoisotopic (exact) mass is 308 g/mol. The van der Waals surface area contributed by atoms with E-state index in [4.69, 9.17) is 0 Å². The number of nitrogens with zero attached hydrogens (tertiary/aromatic N) is 4. The predicted molar refractivity (Wildman–Crippen MR) is 85.8 cm³/mol. The van der Waals surface area contributed by atoms with E-state index in [-0.39, 0.29) is 11.4 Å². The summed E-state index contributed by atoms with van der Waals surface area (Å²) in [5.41, 5.74) is 2.88. The van der Waals surface area contributed by atoms with Crippen molar-refractivity contribution in [3.05, 3.63) is 65.1 Å². The summed E-state index contributed by atoms with van der Waals surface area (Å²) in [6, 6.07) is 8.04. The first-order valence-electron chi connectivity index (χ1n) is 7.31. The lowest BCUT2D eigenvalue weighted by Gasteiger charge is -2.05. The van der Waals surface area contributed by atoms with Crippen LogP contribution in [0.25, 0.3) is 27.7 Å². The molecule has 4 rings (SSSR count). The zero-order chi connectivity index (χ0) is 16.0. The third-order valence-corrected chi connectivity index (χ3v) is 3.96. The summed E-state index contributed by atoms with van der Waals surface area (Å²) in [7, 11) is 0. The SMILES string of the molecule is CCn1ccc2c(cnc3c(-c4ccc(F)cc4)cnn32)c1=O. The van der Waals surface area contributed by atoms with Gasteiger partial charge in [0.15, 0.2) is 5.65 Å². The van der Waals surface area contributed by atoms with Gasteiger partial charge in [-0.1, -0.05) is 12.1 Å². The number of hydrogen-bond acceptors (Lipinski definition) is 3. The fourth-order valence-electron chi connectivity index (χ4n) is 2.74. The molecule has 0 N–H and O–H groups in total. The van der Waals surface area contributed by atoms with Gasteiger partial charge in [-0.05, 0) is 30.7 Å². The molecule has 0 aliphatic heterocycles. The molecule has 6 heteroatoms. The lowest BCUT2D eigenvalue weighted by molar-refractivity contribution is 0.628. The minimum absolute atomic E-state index is 0.0850. The van der Waals surface area contributed by atoms with E-state index < -0.39 is 0 Å². The smallest absolute Gasteiger partial charge is 0.261 e. The molecule has 23 heavy (non-hydrogen) atoms. The van der Waals surface area contributed by atoms with Crippen LogP contribution in [0, 0.1) is 5.82 Å². The zero-order valence-electron chi connectivity index (χ0n) is 12.4. The standard InChI is InChI=1S/C17H13FN4O/c1-2-21-8-7-15-14(17(21)23)9-19-16-13(10-20-22(15)16)11-3-5-12(18)6-4-11/h3-10H,2H2,1H3. The topological polar surface area (TPSA) is 52.2 Å². The van der Waals surface area contributed by atoms with Gasteiger partial charge in [0, 0.05) is 24.5 Å². The van der Waals surface area contributed by atoms with E-state index in [0.29, 0.717) is 23.1 Å². The zero-order valence-corrected chi connectivity index (χ0v) is 12.4. The molecule has 0 saturated heterocycles. The van der Waals surface area contributed by atoms with Gasteiger partial charge in [0.05, 0.1) is 17.1 Å². The summed E-state index contributed by atoms with van der Waals surface area (Å²) < 4.78 is 16.4. The van der Waals surface area contributed by atoms with E-state index in [1.54, 1.807) is 39.8 Å². The van der Waals surface area contributed by atoms with Crippen molar-refractivity contribution < 1.29 is 4.39 Å². The Morgan fingerprint density at radius 1 is 1.13 bits per heavy atom. The molecule has 4 aromatic rings. The molecule has 0 amide bonds. The summed E-state index contributed by atoms with van der Waals surface area (Å²) in [6.07, 6.45) is 5.01. The summed E-state index contributed by atoms with van der Waals surface area (Å²) >= 11 is 0. The van der Waals surface area contributed by atoms with Crippen LogP contribution < -0.4 is 5.56 Å². The molecule has 114 valence electrons. The van der Waals surface area contributed by atoms with Gasteiger partial charge >= 0.3 is 0 Å². The normalized spacial score (nSPS) is 11.4. The first-order valence-corrected chi connectivity index (χ1v) is 7.31. The first kappa shape index (κ1) is 13.6. The number of aryl methyl sites for hydroxylation is 1. The maximum absolute atomic E-state index is 13.1. The number of fused-ring (bicyclic) bond motifs is 3. The van der Waals surface area contributed by atoms with Gasteiger partial charge in [-0.3, -0.25) is 4.79 Å². The molecule has 3 heterocycles. The molecule has 0 fully saturated rings. The molecule has 0 radical (unpaired) electrons. The second-order valence-corrected chi connectivity index (χ2v) is 5.26. The number of hydrogen-bond donors (Lipinski definition) is 0. The average Bonchev–Trinajstić information content (AvgIpc) is 3.00. The Hall–Kier alpha value is -3.02. The number of aromatic nitrogens is 4. The maximum atomic E-state index is 13.1. The molecule has 0 aliphatic rings. The van der Waals surface area contributed by atoms with Gasteiger partial charge in [0.1, 0.15) is 5.82 Å². The first-order chi connectivity index (χ1) is 11.2. The van der Waals surface area contributed by atoms with Crippen LogP contribution in [0.5, 0.6) is 0 Å². The quantitative estimate of drug-likeness (QED) is 0.572. The van der Waals surface area contributed by atoms with E-state index in [9.17, 15) is 9.18 Å². The van der Waals surface area contributed by atoms with Crippen LogP contribution in [0.2, 0.25) is 0 Å². The minimum atomic E-state index is -0.288. The summed E-state index contributed by atoms with van der Waals surface area (Å²) in [6.45, 7) is 2.52. The Bertz CT molecular complexity index is 1080. The highest BCUT2D eigenvalue weighted by Crippen LogP contribution is 2.25. The average molecular weight is 308 g/mol. The fraction of sp³-hybridized carbons (Fsp3) is 0.118. The molecule has 1 aromatic carbocycles. The number of rotatable bonds is 2. The van der Waals surface area contributed by atoms with Gasteiger partial charge < -0.3 is 4.57 Å². The van der Waals surface area contributed by atoms with Crippen molar-refractivity contribution in [3.8, 4) is 11.1 Å². The van der Waals surface area contributed by atoms with E-state index in [0.717, 1.165) is 11.1 Å². The van der Waals surface area contributed by atoms with Crippen LogP contribution in [0.15, 0.2) is 53.7 Å². The Kier molecular flexibility index (Phi) is 2.97. The van der Waals surface area contributed by atoms with Gasteiger partial charge in [-0.25, -0.2) is 13.9 Å². The van der Waals surface area contributed by atoms with Crippen molar-refractivity contribution in [2.45, 2.75) is 13.5 Å². The third kappa shape index (κ3) is 2.03. The summed E-state index contributed by atoms with van der Waals surface area (Å²) in [5.74, 6) is -0.288. The van der Waals surface area contributed by atoms with Gasteiger partial charge in [0.25, 0.3) is 5.56 Å². The molecule has 0 bridgehead atoms. The highest BCUT2D eigenvalue weighted by molar-refractivity contribution is 5.84.